The number of nitrogen functional groups attached to an aromatic ring is 1. The molecule has 0 unspecified atom stereocenters. The zero-order valence-corrected chi connectivity index (χ0v) is 10.9. The second-order valence-corrected chi connectivity index (χ2v) is 4.78. The highest BCUT2D eigenvalue weighted by molar-refractivity contribution is 7.98. The van der Waals surface area contributed by atoms with E-state index in [1.165, 1.54) is 0 Å². The number of aromatic nitrogens is 1. The fraction of sp³-hybridized carbons (Fsp3) is 0.545. The number of halogens is 3. The Labute approximate surface area is 108 Å². The van der Waals surface area contributed by atoms with E-state index >= 15 is 0 Å². The summed E-state index contributed by atoms with van der Waals surface area (Å²) < 4.78 is 37.6. The molecular weight excluding hydrogens is 263 g/mol. The number of unbranched alkanes of at least 4 members (excludes halogenated alkanes) is 1. The first-order chi connectivity index (χ1) is 8.43. The molecule has 0 bridgehead atoms. The van der Waals surface area contributed by atoms with Gasteiger partial charge in [0.25, 0.3) is 0 Å². The third kappa shape index (κ3) is 5.03. The number of nitrogens with zero attached hydrogens (tertiary/aromatic N) is 1. The summed E-state index contributed by atoms with van der Waals surface area (Å²) in [5.74, 6) is 1.09. The fourth-order valence-corrected chi connectivity index (χ4v) is 1.89. The zero-order valence-electron chi connectivity index (χ0n) is 10.0. The van der Waals surface area contributed by atoms with Crippen molar-refractivity contribution in [2.45, 2.75) is 19.0 Å². The summed E-state index contributed by atoms with van der Waals surface area (Å²) in [7, 11) is 0. The molecule has 0 aliphatic carbocycles. The molecule has 3 N–H and O–H groups in total. The molecule has 1 rings (SSSR count). The largest absolute Gasteiger partial charge is 0.416 e. The predicted molar refractivity (Wildman–Crippen MR) is 69.8 cm³/mol. The Balaban J connectivity index is 2.58. The van der Waals surface area contributed by atoms with Crippen LogP contribution in [-0.4, -0.2) is 23.5 Å². The molecule has 0 atom stereocenters. The van der Waals surface area contributed by atoms with Crippen molar-refractivity contribution >= 4 is 23.4 Å². The molecule has 0 spiro atoms. The van der Waals surface area contributed by atoms with Gasteiger partial charge in [0.2, 0.25) is 0 Å². The monoisotopic (exact) mass is 279 g/mol. The molecule has 1 heterocycles. The lowest BCUT2D eigenvalue weighted by Crippen LogP contribution is -2.10. The first-order valence-corrected chi connectivity index (χ1v) is 6.90. The number of alkyl halides is 3. The molecule has 0 aromatic carbocycles. The van der Waals surface area contributed by atoms with Gasteiger partial charge in [0.15, 0.2) is 0 Å². The molecule has 0 saturated carbocycles. The van der Waals surface area contributed by atoms with Crippen LogP contribution < -0.4 is 11.1 Å². The molecule has 0 amide bonds. The first-order valence-electron chi connectivity index (χ1n) is 5.51. The normalized spacial score (nSPS) is 11.6. The molecule has 0 aliphatic rings. The lowest BCUT2D eigenvalue weighted by Gasteiger charge is -2.11. The van der Waals surface area contributed by atoms with E-state index in [2.05, 4.69) is 10.3 Å². The van der Waals surface area contributed by atoms with Crippen molar-refractivity contribution < 1.29 is 13.2 Å². The molecule has 0 saturated heterocycles. The topological polar surface area (TPSA) is 50.9 Å². The van der Waals surface area contributed by atoms with Gasteiger partial charge in [-0.3, -0.25) is 0 Å². The third-order valence-electron chi connectivity index (χ3n) is 2.25. The Hall–Kier alpha value is -1.11. The molecule has 7 heteroatoms. The summed E-state index contributed by atoms with van der Waals surface area (Å²) in [6, 6.07) is 1.81. The van der Waals surface area contributed by atoms with E-state index in [0.29, 0.717) is 6.54 Å². The lowest BCUT2D eigenvalue weighted by molar-refractivity contribution is -0.137. The maximum Gasteiger partial charge on any atom is 0.416 e. The van der Waals surface area contributed by atoms with E-state index in [1.54, 1.807) is 11.8 Å². The second kappa shape index (κ2) is 6.72. The minimum Gasteiger partial charge on any atom is -0.384 e. The number of hydrogen-bond acceptors (Lipinski definition) is 4. The van der Waals surface area contributed by atoms with Gasteiger partial charge < -0.3 is 11.1 Å². The van der Waals surface area contributed by atoms with Crippen molar-refractivity contribution in [2.24, 2.45) is 0 Å². The van der Waals surface area contributed by atoms with Crippen LogP contribution in [0.3, 0.4) is 0 Å². The average Bonchev–Trinajstić information content (AvgIpc) is 2.27. The Morgan fingerprint density at radius 1 is 1.33 bits per heavy atom. The molecule has 0 fully saturated rings. The van der Waals surface area contributed by atoms with Crippen molar-refractivity contribution in [3.05, 3.63) is 17.7 Å². The smallest absolute Gasteiger partial charge is 0.384 e. The van der Waals surface area contributed by atoms with Crippen molar-refractivity contribution in [1.82, 2.24) is 4.98 Å². The van der Waals surface area contributed by atoms with Gasteiger partial charge >= 0.3 is 6.18 Å². The summed E-state index contributed by atoms with van der Waals surface area (Å²) in [5, 5.41) is 2.86. The highest BCUT2D eigenvalue weighted by atomic mass is 32.2. The lowest BCUT2D eigenvalue weighted by atomic mass is 10.2. The van der Waals surface area contributed by atoms with Crippen LogP contribution in [0.15, 0.2) is 12.1 Å². The van der Waals surface area contributed by atoms with Crippen LogP contribution >= 0.6 is 11.8 Å². The van der Waals surface area contributed by atoms with E-state index < -0.39 is 11.7 Å². The number of nitrogens with two attached hydrogens (primary N) is 1. The number of rotatable bonds is 6. The van der Waals surface area contributed by atoms with Gasteiger partial charge in [0.05, 0.1) is 5.56 Å². The molecule has 3 nitrogen and oxygen atoms in total. The summed E-state index contributed by atoms with van der Waals surface area (Å²) in [5.41, 5.74) is 4.58. The minimum atomic E-state index is -4.40. The molecule has 102 valence electrons. The van der Waals surface area contributed by atoms with Crippen LogP contribution in [0.5, 0.6) is 0 Å². The van der Waals surface area contributed by atoms with Crippen molar-refractivity contribution in [2.75, 3.05) is 29.6 Å². The number of hydrogen-bond donors (Lipinski definition) is 2. The molecule has 0 radical (unpaired) electrons. The number of nitrogens with one attached hydrogen (secondary N) is 1. The average molecular weight is 279 g/mol. The van der Waals surface area contributed by atoms with Gasteiger partial charge in [0, 0.05) is 6.54 Å². The summed E-state index contributed by atoms with van der Waals surface area (Å²) >= 11 is 1.74. The van der Waals surface area contributed by atoms with Crippen molar-refractivity contribution in [1.29, 1.82) is 0 Å². The van der Waals surface area contributed by atoms with Gasteiger partial charge in [-0.2, -0.15) is 24.9 Å². The summed E-state index contributed by atoms with van der Waals surface area (Å²) in [4.78, 5) is 3.83. The van der Waals surface area contributed by atoms with Gasteiger partial charge in [-0.1, -0.05) is 0 Å². The van der Waals surface area contributed by atoms with Crippen molar-refractivity contribution in [3.8, 4) is 0 Å². The number of thioether (sulfide) groups is 1. The summed E-state index contributed by atoms with van der Waals surface area (Å²) in [6.45, 7) is 0.592. The van der Waals surface area contributed by atoms with E-state index in [0.717, 1.165) is 30.7 Å². The highest BCUT2D eigenvalue weighted by Crippen LogP contribution is 2.31. The van der Waals surface area contributed by atoms with E-state index in [1.807, 2.05) is 6.26 Å². The van der Waals surface area contributed by atoms with E-state index in [4.69, 9.17) is 5.73 Å². The Kier molecular flexibility index (Phi) is 5.58. The van der Waals surface area contributed by atoms with Crippen molar-refractivity contribution in [3.63, 3.8) is 0 Å². The van der Waals surface area contributed by atoms with Gasteiger partial charge in [-0.25, -0.2) is 4.98 Å². The predicted octanol–water partition coefficient (Wildman–Crippen LogP) is 3.24. The van der Waals surface area contributed by atoms with Gasteiger partial charge in [-0.05, 0) is 37.0 Å². The Morgan fingerprint density at radius 3 is 2.67 bits per heavy atom. The van der Waals surface area contributed by atoms with Crippen LogP contribution in [0, 0.1) is 0 Å². The van der Waals surface area contributed by atoms with Crippen LogP contribution in [0.2, 0.25) is 0 Å². The molecular formula is C11H16F3N3S. The second-order valence-electron chi connectivity index (χ2n) is 3.79. The molecule has 1 aromatic heterocycles. The quantitative estimate of drug-likeness (QED) is 0.785. The SMILES string of the molecule is CSCCCCNc1cc(C(F)(F)F)cc(N)n1. The van der Waals surface area contributed by atoms with Gasteiger partial charge in [-0.15, -0.1) is 0 Å². The Bertz CT molecular complexity index is 382. The first kappa shape index (κ1) is 14.9. The maximum atomic E-state index is 12.5. The van der Waals surface area contributed by atoms with Crippen LogP contribution in [-0.2, 0) is 6.18 Å². The summed E-state index contributed by atoms with van der Waals surface area (Å²) in [6.07, 6.45) is -0.476. The zero-order chi connectivity index (χ0) is 13.6. The van der Waals surface area contributed by atoms with Crippen LogP contribution in [0.4, 0.5) is 24.8 Å². The van der Waals surface area contributed by atoms with Crippen LogP contribution in [0.25, 0.3) is 0 Å². The van der Waals surface area contributed by atoms with E-state index in [9.17, 15) is 13.2 Å². The maximum absolute atomic E-state index is 12.5. The Morgan fingerprint density at radius 2 is 2.06 bits per heavy atom. The highest BCUT2D eigenvalue weighted by Gasteiger charge is 2.31. The molecule has 0 aliphatic heterocycles. The minimum absolute atomic E-state index is 0.128. The third-order valence-corrected chi connectivity index (χ3v) is 2.95. The number of pyridine rings is 1. The molecule has 18 heavy (non-hydrogen) atoms. The van der Waals surface area contributed by atoms with Crippen LogP contribution in [0.1, 0.15) is 18.4 Å². The molecule has 1 aromatic rings. The van der Waals surface area contributed by atoms with E-state index in [-0.39, 0.29) is 11.6 Å². The standard InChI is InChI=1S/C11H16F3N3S/c1-18-5-3-2-4-16-10-7-8(11(12,13)14)6-9(15)17-10/h6-7H,2-5H2,1H3,(H3,15,16,17). The van der Waals surface area contributed by atoms with Gasteiger partial charge in [0.1, 0.15) is 11.6 Å². The fourth-order valence-electron chi connectivity index (χ4n) is 1.39. The number of anilines is 2.